The largest absolute Gasteiger partial charge is 0.489 e. The van der Waals surface area contributed by atoms with E-state index >= 15 is 0 Å². The zero-order valence-electron chi connectivity index (χ0n) is 20.7. The van der Waals surface area contributed by atoms with E-state index in [2.05, 4.69) is 4.98 Å². The highest BCUT2D eigenvalue weighted by Gasteiger charge is 2.58. The summed E-state index contributed by atoms with van der Waals surface area (Å²) in [6.45, 7) is 3.00. The van der Waals surface area contributed by atoms with E-state index in [-0.39, 0.29) is 31.4 Å². The van der Waals surface area contributed by atoms with Crippen molar-refractivity contribution in [3.63, 3.8) is 0 Å². The summed E-state index contributed by atoms with van der Waals surface area (Å²) in [5.74, 6) is 1.48. The number of rotatable bonds is 6. The molecule has 2 saturated heterocycles. The number of alkyl halides is 3. The number of benzene rings is 1. The van der Waals surface area contributed by atoms with E-state index < -0.39 is 11.6 Å². The first-order chi connectivity index (χ1) is 17.8. The van der Waals surface area contributed by atoms with Crippen LogP contribution in [0.3, 0.4) is 0 Å². The normalized spacial score (nSPS) is 20.5. The summed E-state index contributed by atoms with van der Waals surface area (Å²) in [7, 11) is 0. The van der Waals surface area contributed by atoms with Gasteiger partial charge < -0.3 is 19.1 Å². The van der Waals surface area contributed by atoms with Gasteiger partial charge >= 0.3 is 6.18 Å². The molecular weight excluding hydrogens is 481 g/mol. The highest BCUT2D eigenvalue weighted by Crippen LogP contribution is 2.53. The van der Waals surface area contributed by atoms with Crippen molar-refractivity contribution in [1.29, 1.82) is 0 Å². The molecule has 0 bridgehead atoms. The van der Waals surface area contributed by atoms with E-state index in [9.17, 15) is 18.0 Å². The van der Waals surface area contributed by atoms with Gasteiger partial charge in [0.25, 0.3) is 5.91 Å². The predicted molar refractivity (Wildman–Crippen MR) is 134 cm³/mol. The maximum atomic E-state index is 13.5. The molecule has 3 aliphatic rings. The molecule has 1 amide bonds. The Morgan fingerprint density at radius 3 is 2.41 bits per heavy atom. The number of carbonyl (C=O) groups excluding carboxylic acids is 1. The van der Waals surface area contributed by atoms with Crippen molar-refractivity contribution in [2.75, 3.05) is 32.7 Å². The Morgan fingerprint density at radius 1 is 1.03 bits per heavy atom. The summed E-state index contributed by atoms with van der Waals surface area (Å²) >= 11 is 0. The molecule has 3 aromatic rings. The number of aromatic nitrogens is 2. The molecule has 1 saturated carbocycles. The van der Waals surface area contributed by atoms with Gasteiger partial charge in [-0.3, -0.25) is 4.79 Å². The van der Waals surface area contributed by atoms with Gasteiger partial charge in [-0.05, 0) is 68.5 Å². The van der Waals surface area contributed by atoms with Crippen LogP contribution < -0.4 is 4.74 Å². The van der Waals surface area contributed by atoms with Crippen LogP contribution in [0.4, 0.5) is 13.2 Å². The van der Waals surface area contributed by atoms with Crippen molar-refractivity contribution in [2.45, 2.75) is 50.8 Å². The number of halogens is 3. The molecule has 2 aromatic heterocycles. The van der Waals surface area contributed by atoms with Crippen LogP contribution in [-0.2, 0) is 0 Å². The Balaban J connectivity index is 1.06. The van der Waals surface area contributed by atoms with Crippen molar-refractivity contribution in [1.82, 2.24) is 19.4 Å². The van der Waals surface area contributed by atoms with Crippen molar-refractivity contribution in [3.05, 3.63) is 54.4 Å². The number of pyridine rings is 1. The Kier molecular flexibility index (Phi) is 6.13. The van der Waals surface area contributed by atoms with Gasteiger partial charge in [0.1, 0.15) is 17.7 Å². The maximum absolute atomic E-state index is 13.5. The zero-order chi connectivity index (χ0) is 25.6. The van der Waals surface area contributed by atoms with Crippen molar-refractivity contribution in [3.8, 4) is 11.6 Å². The van der Waals surface area contributed by atoms with E-state index in [0.717, 1.165) is 36.2 Å². The van der Waals surface area contributed by atoms with Gasteiger partial charge in [0.15, 0.2) is 0 Å². The van der Waals surface area contributed by atoms with Crippen LogP contribution in [0.15, 0.2) is 48.8 Å². The summed E-state index contributed by atoms with van der Waals surface area (Å²) in [5, 5.41) is 0.981. The minimum absolute atomic E-state index is 0.0260. The molecule has 1 aromatic carbocycles. The molecule has 3 fully saturated rings. The topological polar surface area (TPSA) is 50.6 Å². The third kappa shape index (κ3) is 4.58. The third-order valence-electron chi connectivity index (χ3n) is 8.32. The first kappa shape index (κ1) is 24.3. The molecule has 0 atom stereocenters. The average Bonchev–Trinajstić information content (AvgIpc) is 3.24. The van der Waals surface area contributed by atoms with Gasteiger partial charge in [0.05, 0.1) is 17.1 Å². The Hall–Kier alpha value is -3.07. The minimum Gasteiger partial charge on any atom is -0.489 e. The number of likely N-dealkylation sites (tertiary alicyclic amines) is 2. The molecule has 0 unspecified atom stereocenters. The van der Waals surface area contributed by atoms with Crippen LogP contribution >= 0.6 is 0 Å². The van der Waals surface area contributed by atoms with Gasteiger partial charge in [-0.15, -0.1) is 0 Å². The molecule has 6 nitrogen and oxygen atoms in total. The number of hydrogen-bond acceptors (Lipinski definition) is 4. The van der Waals surface area contributed by atoms with Gasteiger partial charge in [0, 0.05) is 49.9 Å². The number of piperidine rings is 1. The quantitative estimate of drug-likeness (QED) is 0.441. The summed E-state index contributed by atoms with van der Waals surface area (Å²) in [6.07, 6.45) is 3.13. The van der Waals surface area contributed by atoms with E-state index in [0.29, 0.717) is 43.7 Å². The lowest BCUT2D eigenvalue weighted by atomic mass is 9.67. The van der Waals surface area contributed by atoms with Crippen LogP contribution in [-0.4, -0.2) is 70.3 Å². The van der Waals surface area contributed by atoms with Crippen LogP contribution in [0.1, 0.15) is 48.9 Å². The second-order valence-corrected chi connectivity index (χ2v) is 10.7. The van der Waals surface area contributed by atoms with Gasteiger partial charge in [-0.1, -0.05) is 6.42 Å². The Morgan fingerprint density at radius 2 is 1.81 bits per heavy atom. The number of fused-ring (bicyclic) bond motifs is 1. The van der Waals surface area contributed by atoms with Crippen molar-refractivity contribution >= 4 is 16.8 Å². The number of amides is 1. The first-order valence-electron chi connectivity index (χ1n) is 13.1. The highest BCUT2D eigenvalue weighted by molar-refractivity contribution is 5.98. The fourth-order valence-electron chi connectivity index (χ4n) is 5.70. The Labute approximate surface area is 214 Å². The molecule has 0 radical (unpaired) electrons. The molecule has 9 heteroatoms. The van der Waals surface area contributed by atoms with E-state index in [1.54, 1.807) is 6.20 Å². The molecule has 2 aliphatic heterocycles. The van der Waals surface area contributed by atoms with Crippen molar-refractivity contribution in [2.24, 2.45) is 5.41 Å². The standard InChI is InChI=1S/C28H31F3N4O2/c29-28(30,31)27(10-1-11-27)19-33-14-8-22(9-15-33)37-23-4-6-25(32-18-23)35-16-7-20-17-21(3-5-24(20)35)26(36)34-12-2-13-34/h3-7,16-18,22H,1-2,8-15,19H2. The van der Waals surface area contributed by atoms with Gasteiger partial charge in [-0.2, -0.15) is 13.2 Å². The van der Waals surface area contributed by atoms with Crippen LogP contribution in [0.2, 0.25) is 0 Å². The van der Waals surface area contributed by atoms with Crippen molar-refractivity contribution < 1.29 is 22.7 Å². The molecule has 4 heterocycles. The Bertz CT molecular complexity index is 1270. The first-order valence-corrected chi connectivity index (χ1v) is 13.1. The predicted octanol–water partition coefficient (Wildman–Crippen LogP) is 5.45. The maximum Gasteiger partial charge on any atom is 0.395 e. The summed E-state index contributed by atoms with van der Waals surface area (Å²) in [4.78, 5) is 20.9. The SMILES string of the molecule is O=C(c1ccc2c(ccn2-c2ccc(OC3CCN(CC4(C(F)(F)F)CCC4)CC3)cn2)c1)N1CCC1. The molecule has 0 spiro atoms. The lowest BCUT2D eigenvalue weighted by Gasteiger charge is -2.47. The van der Waals surface area contributed by atoms with Crippen LogP contribution in [0, 0.1) is 5.41 Å². The molecule has 37 heavy (non-hydrogen) atoms. The smallest absolute Gasteiger partial charge is 0.395 e. The van der Waals surface area contributed by atoms with E-state index in [1.807, 2.05) is 57.0 Å². The number of hydrogen-bond donors (Lipinski definition) is 0. The average molecular weight is 513 g/mol. The fourth-order valence-corrected chi connectivity index (χ4v) is 5.70. The molecule has 6 rings (SSSR count). The van der Waals surface area contributed by atoms with E-state index in [4.69, 9.17) is 4.74 Å². The molecule has 0 N–H and O–H groups in total. The number of nitrogens with zero attached hydrogens (tertiary/aromatic N) is 4. The summed E-state index contributed by atoms with van der Waals surface area (Å²) < 4.78 is 48.6. The van der Waals surface area contributed by atoms with Gasteiger partial charge in [-0.25, -0.2) is 4.98 Å². The molecule has 1 aliphatic carbocycles. The number of carbonyl (C=O) groups is 1. The summed E-state index contributed by atoms with van der Waals surface area (Å²) in [5.41, 5.74) is 0.167. The lowest BCUT2D eigenvalue weighted by Crippen LogP contribution is -2.53. The summed E-state index contributed by atoms with van der Waals surface area (Å²) in [6, 6.07) is 11.5. The monoisotopic (exact) mass is 512 g/mol. The van der Waals surface area contributed by atoms with Crippen LogP contribution in [0.5, 0.6) is 5.75 Å². The fraction of sp³-hybridized carbons (Fsp3) is 0.500. The lowest BCUT2D eigenvalue weighted by molar-refractivity contribution is -0.256. The second kappa shape index (κ2) is 9.35. The number of ether oxygens (including phenoxy) is 1. The minimum atomic E-state index is -4.12. The van der Waals surface area contributed by atoms with Crippen LogP contribution in [0.25, 0.3) is 16.7 Å². The zero-order valence-corrected chi connectivity index (χ0v) is 20.7. The second-order valence-electron chi connectivity index (χ2n) is 10.7. The molecule has 196 valence electrons. The molecular formula is C28H31F3N4O2. The third-order valence-corrected chi connectivity index (χ3v) is 8.32. The van der Waals surface area contributed by atoms with Gasteiger partial charge in [0.2, 0.25) is 0 Å². The highest BCUT2D eigenvalue weighted by atomic mass is 19.4. The van der Waals surface area contributed by atoms with E-state index in [1.165, 1.54) is 0 Å².